The SMILES string of the molecule is Nc1c(Cl)c(Cl)nc(C(=O)N/N=C2\C(=O)C3CCCC4CCCC2C43)c1Cl. The minimum atomic E-state index is -0.673. The minimum Gasteiger partial charge on any atom is -0.396 e. The van der Waals surface area contributed by atoms with Crippen molar-refractivity contribution in [2.75, 3.05) is 5.73 Å². The fourth-order valence-electron chi connectivity index (χ4n) is 5.03. The largest absolute Gasteiger partial charge is 0.396 e. The third-order valence-electron chi connectivity index (χ3n) is 6.16. The first kappa shape index (κ1) is 19.0. The van der Waals surface area contributed by atoms with Gasteiger partial charge in [-0.25, -0.2) is 10.4 Å². The van der Waals surface area contributed by atoms with E-state index in [0.717, 1.165) is 25.7 Å². The molecule has 9 heteroatoms. The quantitative estimate of drug-likeness (QED) is 0.545. The number of pyridine rings is 1. The summed E-state index contributed by atoms with van der Waals surface area (Å²) in [5, 5.41) is 3.99. The topological polar surface area (TPSA) is 97.4 Å². The Labute approximate surface area is 171 Å². The summed E-state index contributed by atoms with van der Waals surface area (Å²) in [6.45, 7) is 0. The maximum absolute atomic E-state index is 12.9. The van der Waals surface area contributed by atoms with E-state index in [1.807, 2.05) is 0 Å². The number of nitrogens with zero attached hydrogens (tertiary/aromatic N) is 2. The van der Waals surface area contributed by atoms with Gasteiger partial charge < -0.3 is 5.73 Å². The summed E-state index contributed by atoms with van der Waals surface area (Å²) in [5.41, 5.74) is 8.46. The van der Waals surface area contributed by atoms with Gasteiger partial charge in [0.25, 0.3) is 5.91 Å². The molecule has 1 aromatic heterocycles. The molecule has 1 aromatic rings. The van der Waals surface area contributed by atoms with Crippen LogP contribution in [0.15, 0.2) is 5.10 Å². The van der Waals surface area contributed by atoms with Crippen LogP contribution in [0, 0.1) is 23.7 Å². The zero-order chi connectivity index (χ0) is 19.3. The van der Waals surface area contributed by atoms with Gasteiger partial charge in [0.15, 0.2) is 16.6 Å². The highest BCUT2D eigenvalue weighted by Gasteiger charge is 2.53. The van der Waals surface area contributed by atoms with Crippen molar-refractivity contribution in [1.29, 1.82) is 0 Å². The average Bonchev–Trinajstić information content (AvgIpc) is 2.95. The molecular formula is C18H19Cl3N4O2. The summed E-state index contributed by atoms with van der Waals surface area (Å²) < 4.78 is 0. The summed E-state index contributed by atoms with van der Waals surface area (Å²) in [6, 6.07) is 0. The lowest BCUT2D eigenvalue weighted by Crippen LogP contribution is -2.33. The number of nitrogens with two attached hydrogens (primary N) is 1. The van der Waals surface area contributed by atoms with Crippen LogP contribution in [0.25, 0.3) is 0 Å². The van der Waals surface area contributed by atoms with Crippen molar-refractivity contribution < 1.29 is 9.59 Å². The van der Waals surface area contributed by atoms with Gasteiger partial charge in [-0.05, 0) is 24.7 Å². The second kappa shape index (κ2) is 7.22. The number of halogens is 3. The molecule has 3 aliphatic carbocycles. The molecule has 6 nitrogen and oxygen atoms in total. The smallest absolute Gasteiger partial charge is 0.291 e. The van der Waals surface area contributed by atoms with Crippen molar-refractivity contribution in [1.82, 2.24) is 10.4 Å². The molecule has 0 spiro atoms. The van der Waals surface area contributed by atoms with E-state index in [-0.39, 0.29) is 44.2 Å². The molecule has 1 amide bonds. The van der Waals surface area contributed by atoms with Crippen LogP contribution >= 0.6 is 34.8 Å². The summed E-state index contributed by atoms with van der Waals surface area (Å²) in [5.74, 6) is 0.549. The van der Waals surface area contributed by atoms with Crippen LogP contribution in [0.3, 0.4) is 0 Å². The molecule has 3 fully saturated rings. The lowest BCUT2D eigenvalue weighted by molar-refractivity contribution is -0.118. The van der Waals surface area contributed by atoms with Crippen molar-refractivity contribution >= 4 is 57.9 Å². The van der Waals surface area contributed by atoms with Crippen LogP contribution in [-0.4, -0.2) is 22.4 Å². The number of rotatable bonds is 2. The predicted octanol–water partition coefficient (Wildman–Crippen LogP) is 4.13. The highest BCUT2D eigenvalue weighted by Crippen LogP contribution is 2.52. The summed E-state index contributed by atoms with van der Waals surface area (Å²) in [7, 11) is 0. The molecule has 27 heavy (non-hydrogen) atoms. The van der Waals surface area contributed by atoms with Crippen molar-refractivity contribution in [3.63, 3.8) is 0 Å². The van der Waals surface area contributed by atoms with Gasteiger partial charge >= 0.3 is 0 Å². The molecule has 0 bridgehead atoms. The Kier molecular flexibility index (Phi) is 5.08. The summed E-state index contributed by atoms with van der Waals surface area (Å²) >= 11 is 17.8. The Hall–Kier alpha value is -1.37. The van der Waals surface area contributed by atoms with Gasteiger partial charge in [-0.15, -0.1) is 0 Å². The fourth-order valence-corrected chi connectivity index (χ4v) is 5.63. The van der Waals surface area contributed by atoms with Gasteiger partial charge in [-0.2, -0.15) is 5.10 Å². The lowest BCUT2D eigenvalue weighted by Gasteiger charge is -2.39. The van der Waals surface area contributed by atoms with Crippen LogP contribution in [-0.2, 0) is 4.79 Å². The number of aromatic nitrogens is 1. The maximum Gasteiger partial charge on any atom is 0.291 e. The second-order valence-electron chi connectivity index (χ2n) is 7.51. The first-order chi connectivity index (χ1) is 12.9. The molecule has 0 aromatic carbocycles. The number of Topliss-reactive ketones (excluding diaryl/α,β-unsaturated/α-hetero) is 1. The normalized spacial score (nSPS) is 31.1. The highest BCUT2D eigenvalue weighted by atomic mass is 35.5. The Bertz CT molecular complexity index is 855. The van der Waals surface area contributed by atoms with Gasteiger partial charge in [0.2, 0.25) is 0 Å². The molecule has 0 radical (unpaired) electrons. The molecule has 3 N–H and O–H groups in total. The fraction of sp³-hybridized carbons (Fsp3) is 0.556. The molecule has 4 rings (SSSR count). The van der Waals surface area contributed by atoms with Crippen molar-refractivity contribution in [3.8, 4) is 0 Å². The minimum absolute atomic E-state index is 0.00664. The van der Waals surface area contributed by atoms with Crippen molar-refractivity contribution in [3.05, 3.63) is 20.9 Å². The number of anilines is 1. The zero-order valence-electron chi connectivity index (χ0n) is 14.5. The standard InChI is InChI=1S/C18H19Cl3N4O2/c19-11-13(22)12(20)17(21)23-15(11)18(27)25-24-14-8-5-1-3-7-4-2-6-9(10(7)8)16(14)26/h7-10H,1-6H2,(H2,22,23)(H,25,27)/b24-14-. The Morgan fingerprint density at radius 1 is 1.07 bits per heavy atom. The number of carbonyl (C=O) groups is 2. The second-order valence-corrected chi connectivity index (χ2v) is 8.62. The van der Waals surface area contributed by atoms with E-state index in [9.17, 15) is 9.59 Å². The summed E-state index contributed by atoms with van der Waals surface area (Å²) in [4.78, 5) is 29.3. The third-order valence-corrected chi connectivity index (χ3v) is 7.29. The van der Waals surface area contributed by atoms with Gasteiger partial charge in [0, 0.05) is 11.8 Å². The molecule has 0 saturated heterocycles. The Morgan fingerprint density at radius 2 is 1.74 bits per heavy atom. The number of hydrogen-bond acceptors (Lipinski definition) is 5. The molecule has 144 valence electrons. The highest BCUT2D eigenvalue weighted by molar-refractivity contribution is 6.46. The number of carbonyl (C=O) groups excluding carboxylic acids is 2. The average molecular weight is 430 g/mol. The molecule has 3 saturated carbocycles. The van der Waals surface area contributed by atoms with Gasteiger partial charge in [0.05, 0.1) is 10.7 Å². The van der Waals surface area contributed by atoms with Gasteiger partial charge in [-0.1, -0.05) is 60.5 Å². The Balaban J connectivity index is 1.60. The van der Waals surface area contributed by atoms with E-state index in [2.05, 4.69) is 15.5 Å². The van der Waals surface area contributed by atoms with E-state index in [1.165, 1.54) is 12.8 Å². The van der Waals surface area contributed by atoms with Crippen LogP contribution in [0.2, 0.25) is 15.2 Å². The summed E-state index contributed by atoms with van der Waals surface area (Å²) in [6.07, 6.45) is 6.41. The molecular weight excluding hydrogens is 411 g/mol. The molecule has 4 atom stereocenters. The monoisotopic (exact) mass is 428 g/mol. The van der Waals surface area contributed by atoms with E-state index >= 15 is 0 Å². The molecule has 4 unspecified atom stereocenters. The van der Waals surface area contributed by atoms with E-state index in [1.54, 1.807) is 0 Å². The molecule has 0 aliphatic heterocycles. The van der Waals surface area contributed by atoms with Crippen LogP contribution in [0.4, 0.5) is 5.69 Å². The van der Waals surface area contributed by atoms with E-state index in [0.29, 0.717) is 17.5 Å². The number of amides is 1. The number of ketones is 1. The molecule has 1 heterocycles. The number of hydrogen-bond donors (Lipinski definition) is 2. The van der Waals surface area contributed by atoms with E-state index in [4.69, 9.17) is 40.5 Å². The predicted molar refractivity (Wildman–Crippen MR) is 105 cm³/mol. The number of hydrazone groups is 1. The first-order valence-electron chi connectivity index (χ1n) is 9.12. The van der Waals surface area contributed by atoms with Crippen LogP contribution in [0.5, 0.6) is 0 Å². The van der Waals surface area contributed by atoms with Crippen molar-refractivity contribution in [2.24, 2.45) is 28.8 Å². The molecule has 3 aliphatic rings. The van der Waals surface area contributed by atoms with Crippen molar-refractivity contribution in [2.45, 2.75) is 38.5 Å². The zero-order valence-corrected chi connectivity index (χ0v) is 16.7. The van der Waals surface area contributed by atoms with Crippen LogP contribution in [0.1, 0.15) is 49.0 Å². The third kappa shape index (κ3) is 3.12. The van der Waals surface area contributed by atoms with Crippen LogP contribution < -0.4 is 11.2 Å². The number of nitrogens with one attached hydrogen (secondary N) is 1. The Morgan fingerprint density at radius 3 is 2.44 bits per heavy atom. The van der Waals surface area contributed by atoms with E-state index < -0.39 is 5.91 Å². The number of nitrogen functional groups attached to an aromatic ring is 1. The first-order valence-corrected chi connectivity index (χ1v) is 10.3. The lowest BCUT2D eigenvalue weighted by atomic mass is 9.65. The van der Waals surface area contributed by atoms with Gasteiger partial charge in [-0.3, -0.25) is 9.59 Å². The maximum atomic E-state index is 12.9. The van der Waals surface area contributed by atoms with Gasteiger partial charge in [0.1, 0.15) is 10.7 Å².